The maximum absolute atomic E-state index is 16.6. The van der Waals surface area contributed by atoms with Crippen LogP contribution in [0.25, 0.3) is 32.1 Å². The van der Waals surface area contributed by atoms with E-state index in [2.05, 4.69) is 37.9 Å². The first-order valence-corrected chi connectivity index (χ1v) is 14.5. The van der Waals surface area contributed by atoms with E-state index >= 15 is 4.39 Å². The number of anilines is 2. The number of benzene rings is 2. The minimum Gasteiger partial charge on any atom is -0.465 e. The van der Waals surface area contributed by atoms with Crippen molar-refractivity contribution in [3.63, 3.8) is 0 Å². The topological polar surface area (TPSA) is 98.6 Å². The van der Waals surface area contributed by atoms with Crippen LogP contribution in [0.15, 0.2) is 18.2 Å². The van der Waals surface area contributed by atoms with Crippen LogP contribution in [0.2, 0.25) is 5.02 Å². The zero-order chi connectivity index (χ0) is 28.4. The Kier molecular flexibility index (Phi) is 7.18. The second-order valence-electron chi connectivity index (χ2n) is 11.1. The number of aliphatic hydroxyl groups is 1. The van der Waals surface area contributed by atoms with E-state index in [1.807, 2.05) is 32.9 Å². The van der Waals surface area contributed by atoms with Crippen molar-refractivity contribution >= 4 is 83.4 Å². The number of aromatic nitrogens is 2. The number of carboxylic acid groups (broad SMARTS) is 1. The summed E-state index contributed by atoms with van der Waals surface area (Å²) in [6, 6.07) is 5.32. The van der Waals surface area contributed by atoms with E-state index in [1.165, 1.54) is 11.3 Å². The number of piperidine rings is 1. The maximum Gasteiger partial charge on any atom is 0.409 e. The molecule has 5 rings (SSSR count). The van der Waals surface area contributed by atoms with Gasteiger partial charge >= 0.3 is 12.2 Å². The molecule has 1 aliphatic heterocycles. The predicted octanol–water partition coefficient (Wildman–Crippen LogP) is 7.79. The van der Waals surface area contributed by atoms with Gasteiger partial charge in [-0.05, 0) is 71.0 Å². The number of carbonyl (C=O) groups is 1. The molecule has 1 saturated heterocycles. The van der Waals surface area contributed by atoms with Crippen molar-refractivity contribution in [2.45, 2.75) is 51.6 Å². The quantitative estimate of drug-likeness (QED) is 0.150. The number of thiophene rings is 1. The second kappa shape index (κ2) is 9.93. The molecular weight excluding hydrogens is 661 g/mol. The van der Waals surface area contributed by atoms with Gasteiger partial charge < -0.3 is 15.1 Å². The van der Waals surface area contributed by atoms with Crippen LogP contribution in [0.5, 0.6) is 0 Å². The Morgan fingerprint density at radius 2 is 1.97 bits per heavy atom. The Hall–Kier alpha value is -2.35. The molecule has 7 nitrogen and oxygen atoms in total. The average Bonchev–Trinajstić information content (AvgIpc) is 3.12. The van der Waals surface area contributed by atoms with Crippen molar-refractivity contribution in [3.8, 4) is 11.1 Å². The molecule has 12 heteroatoms. The molecule has 0 saturated carbocycles. The first kappa shape index (κ1) is 28.2. The summed E-state index contributed by atoms with van der Waals surface area (Å²) in [6.07, 6.45) is -1.04. The van der Waals surface area contributed by atoms with Crippen molar-refractivity contribution in [3.05, 3.63) is 44.3 Å². The molecule has 3 N–H and O–H groups in total. The molecule has 206 valence electrons. The van der Waals surface area contributed by atoms with E-state index in [4.69, 9.17) is 11.6 Å². The van der Waals surface area contributed by atoms with Crippen LogP contribution in [0, 0.1) is 15.5 Å². The van der Waals surface area contributed by atoms with Gasteiger partial charge in [0.2, 0.25) is 0 Å². The highest BCUT2D eigenvalue weighted by Gasteiger charge is 2.33. The lowest BCUT2D eigenvalue weighted by atomic mass is 9.80. The maximum atomic E-state index is 16.6. The molecule has 1 atom stereocenters. The van der Waals surface area contributed by atoms with E-state index in [-0.39, 0.29) is 33.9 Å². The van der Waals surface area contributed by atoms with Crippen LogP contribution >= 0.6 is 45.5 Å². The van der Waals surface area contributed by atoms with E-state index in [0.29, 0.717) is 38.9 Å². The first-order valence-electron chi connectivity index (χ1n) is 12.3. The predicted molar refractivity (Wildman–Crippen MR) is 160 cm³/mol. The average molecular weight is 687 g/mol. The lowest BCUT2D eigenvalue weighted by Gasteiger charge is -2.37. The monoisotopic (exact) mass is 686 g/mol. The fraction of sp³-hybridized carbons (Fsp3) is 0.370. The van der Waals surface area contributed by atoms with Crippen LogP contribution in [0.3, 0.4) is 0 Å². The minimum atomic E-state index is -1.21. The highest BCUT2D eigenvalue weighted by molar-refractivity contribution is 14.1. The first-order chi connectivity index (χ1) is 18.2. The fourth-order valence-corrected chi connectivity index (χ4v) is 7.73. The number of fused-ring (bicyclic) bond motifs is 2. The van der Waals surface area contributed by atoms with Gasteiger partial charge in [-0.1, -0.05) is 38.4 Å². The smallest absolute Gasteiger partial charge is 0.409 e. The highest BCUT2D eigenvalue weighted by Crippen LogP contribution is 2.49. The Balaban J connectivity index is 1.83. The molecule has 1 fully saturated rings. The van der Waals surface area contributed by atoms with E-state index in [0.717, 1.165) is 10.3 Å². The summed E-state index contributed by atoms with van der Waals surface area (Å²) in [5.74, 6) is -0.617. The molecule has 0 spiro atoms. The Labute approximate surface area is 246 Å². The van der Waals surface area contributed by atoms with Crippen LogP contribution in [0.1, 0.15) is 46.1 Å². The number of β-amino-alcohol motifs (C(OH)–C–C–N with tert-alkyl or cyclic N) is 1. The Morgan fingerprint density at radius 3 is 2.62 bits per heavy atom. The Morgan fingerprint density at radius 1 is 1.26 bits per heavy atom. The molecule has 1 amide bonds. The molecule has 39 heavy (non-hydrogen) atoms. The summed E-state index contributed by atoms with van der Waals surface area (Å²) in [7, 11) is 0. The number of amides is 1. The third-order valence-corrected chi connectivity index (χ3v) is 9.70. The van der Waals surface area contributed by atoms with Crippen LogP contribution in [-0.2, 0) is 5.41 Å². The van der Waals surface area contributed by atoms with Crippen molar-refractivity contribution in [2.24, 2.45) is 0 Å². The lowest BCUT2D eigenvalue weighted by molar-refractivity contribution is 0.0447. The molecule has 0 radical (unpaired) electrons. The molecule has 0 aliphatic carbocycles. The lowest BCUT2D eigenvalue weighted by Crippen LogP contribution is -2.46. The van der Waals surface area contributed by atoms with Gasteiger partial charge in [-0.2, -0.15) is 14.4 Å². The van der Waals surface area contributed by atoms with Gasteiger partial charge in [-0.25, -0.2) is 9.18 Å². The van der Waals surface area contributed by atoms with Crippen molar-refractivity contribution in [1.82, 2.24) is 9.97 Å². The van der Waals surface area contributed by atoms with Gasteiger partial charge in [0.25, 0.3) is 0 Å². The van der Waals surface area contributed by atoms with Gasteiger partial charge in [0.05, 0.1) is 14.2 Å². The van der Waals surface area contributed by atoms with E-state index in [1.54, 1.807) is 17.9 Å². The van der Waals surface area contributed by atoms with Crippen LogP contribution in [-0.4, -0.2) is 45.0 Å². The largest absolute Gasteiger partial charge is 0.465 e. The van der Waals surface area contributed by atoms with Gasteiger partial charge in [0, 0.05) is 34.1 Å². The number of nitrogens with one attached hydrogen (secondary N) is 1. The zero-order valence-corrected chi connectivity index (χ0v) is 25.4. The third kappa shape index (κ3) is 5.14. The van der Waals surface area contributed by atoms with Crippen molar-refractivity contribution < 1.29 is 23.8 Å². The second-order valence-corrected chi connectivity index (χ2v) is 13.6. The SMILES string of the molecule is CC(C)(C)c1ccc2sc(NC(=O)O)c(I)c2c1-c1c(Cl)cc2c(N3CCC[C@@](C)(O)C3)nc(F)nc2c1F. The summed E-state index contributed by atoms with van der Waals surface area (Å²) in [6.45, 7) is 8.39. The molecule has 4 aromatic rings. The molecule has 1 aliphatic rings. The molecule has 2 aromatic carbocycles. The van der Waals surface area contributed by atoms with Gasteiger partial charge in [0.15, 0.2) is 5.82 Å². The minimum absolute atomic E-state index is 0.0620. The third-order valence-electron chi connectivity index (χ3n) is 6.89. The summed E-state index contributed by atoms with van der Waals surface area (Å²) in [5, 5.41) is 23.8. The van der Waals surface area contributed by atoms with Gasteiger partial charge in [-0.3, -0.25) is 5.32 Å². The van der Waals surface area contributed by atoms with Crippen LogP contribution in [0.4, 0.5) is 24.4 Å². The standard InChI is InChI=1S/C27H26ClF2IN4O3S/c1-26(2,3)13-6-7-15-18(20(31)23(39-15)34-25(36)37)16(13)17-14(28)10-12-21(19(17)29)32-24(30)33-22(12)35-9-5-8-27(4,38)11-35/h6-7,10,34,38H,5,8-9,11H2,1-4H3,(H,36,37)/t27-/m1/s1. The zero-order valence-electron chi connectivity index (χ0n) is 21.6. The molecular formula is C27H26ClF2IN4O3S. The number of hydrogen-bond donors (Lipinski definition) is 3. The summed E-state index contributed by atoms with van der Waals surface area (Å²) >= 11 is 10.1. The fourth-order valence-electron chi connectivity index (χ4n) is 5.24. The van der Waals surface area contributed by atoms with Crippen LogP contribution < -0.4 is 10.2 Å². The Bertz CT molecular complexity index is 1650. The normalized spacial score (nSPS) is 18.2. The number of nitrogens with zero attached hydrogens (tertiary/aromatic N) is 3. The van der Waals surface area contributed by atoms with E-state index < -0.39 is 29.0 Å². The van der Waals surface area contributed by atoms with Gasteiger partial charge in [0.1, 0.15) is 16.3 Å². The van der Waals surface area contributed by atoms with Crippen molar-refractivity contribution in [1.29, 1.82) is 0 Å². The summed E-state index contributed by atoms with van der Waals surface area (Å²) in [4.78, 5) is 21.0. The molecule has 3 heterocycles. The highest BCUT2D eigenvalue weighted by atomic mass is 127. The van der Waals surface area contributed by atoms with Crippen molar-refractivity contribution in [2.75, 3.05) is 23.3 Å². The number of rotatable bonds is 3. The number of hydrogen-bond acceptors (Lipinski definition) is 6. The summed E-state index contributed by atoms with van der Waals surface area (Å²) < 4.78 is 32.8. The summed E-state index contributed by atoms with van der Waals surface area (Å²) in [5.41, 5.74) is -0.302. The molecule has 0 unspecified atom stereocenters. The molecule has 0 bridgehead atoms. The number of halogens is 4. The molecule has 2 aromatic heterocycles. The van der Waals surface area contributed by atoms with Gasteiger partial charge in [-0.15, -0.1) is 11.3 Å². The van der Waals surface area contributed by atoms with E-state index in [9.17, 15) is 19.4 Å².